The molecule has 0 atom stereocenters. The van der Waals surface area contributed by atoms with Crippen molar-refractivity contribution in [2.24, 2.45) is 0 Å². The molecule has 8 aromatic carbocycles. The van der Waals surface area contributed by atoms with Crippen LogP contribution in [-0.2, 0) is 65.0 Å². The normalized spacial score (nSPS) is 13.9. The minimum Gasteiger partial charge on any atom is -0.354 e. The van der Waals surface area contributed by atoms with Crippen molar-refractivity contribution in [2.75, 3.05) is 0 Å². The van der Waals surface area contributed by atoms with Crippen molar-refractivity contribution >= 4 is 104 Å². The van der Waals surface area contributed by atoms with Crippen molar-refractivity contribution in [3.63, 3.8) is 0 Å². The molecule has 150 heavy (non-hydrogen) atoms. The highest BCUT2D eigenvalue weighted by molar-refractivity contribution is 6.08. The van der Waals surface area contributed by atoms with Crippen LogP contribution in [0, 0.1) is 27.7 Å². The Hall–Kier alpha value is -13.3. The highest BCUT2D eigenvalue weighted by Crippen LogP contribution is 2.51. The average Bonchev–Trinajstić information content (AvgIpc) is 1.59. The number of hydrogen-bond donors (Lipinski definition) is 4. The lowest BCUT2D eigenvalue weighted by atomic mass is 9.78. The molecule has 0 spiro atoms. The molecular formula is C142H164N8. The molecule has 14 aromatic rings. The highest BCUT2D eigenvalue weighted by Gasteiger charge is 2.35. The molecule has 0 aliphatic carbocycles. The zero-order valence-electron chi connectivity index (χ0n) is 97.9. The van der Waals surface area contributed by atoms with Gasteiger partial charge in [0.05, 0.1) is 45.6 Å². The fourth-order valence-electron chi connectivity index (χ4n) is 21.5. The number of H-pyrrole nitrogens is 4. The second-order valence-electron chi connectivity index (χ2n) is 56.3. The predicted octanol–water partition coefficient (Wildman–Crippen LogP) is 39.4. The molecule has 10 heterocycles. The molecule has 6 aromatic heterocycles. The number of nitrogens with one attached hydrogen (secondary N) is 4. The van der Waals surface area contributed by atoms with Crippen molar-refractivity contribution < 1.29 is 0 Å². The van der Waals surface area contributed by atoms with E-state index in [4.69, 9.17) is 19.9 Å². The third-order valence-corrected chi connectivity index (χ3v) is 31.0. The van der Waals surface area contributed by atoms with Crippen LogP contribution in [-0.4, -0.2) is 39.9 Å². The van der Waals surface area contributed by atoms with Crippen LogP contribution in [0.25, 0.3) is 171 Å². The second kappa shape index (κ2) is 37.4. The van der Waals surface area contributed by atoms with Crippen LogP contribution in [0.4, 0.5) is 0 Å². The predicted molar refractivity (Wildman–Crippen MR) is 652 cm³/mol. The first-order valence-electron chi connectivity index (χ1n) is 54.7. The number of aryl methyl sites for hydroxylation is 4. The van der Waals surface area contributed by atoms with Gasteiger partial charge in [0.15, 0.2) is 0 Å². The van der Waals surface area contributed by atoms with Crippen LogP contribution in [0.15, 0.2) is 194 Å². The van der Waals surface area contributed by atoms with Crippen LogP contribution in [0.2, 0.25) is 0 Å². The van der Waals surface area contributed by atoms with Crippen molar-refractivity contribution in [2.45, 2.75) is 342 Å². The van der Waals surface area contributed by atoms with Gasteiger partial charge in [-0.3, -0.25) is 0 Å². The highest BCUT2D eigenvalue weighted by atomic mass is 14.8. The maximum absolute atomic E-state index is 6.49. The van der Waals surface area contributed by atoms with Gasteiger partial charge in [0.2, 0.25) is 0 Å². The summed E-state index contributed by atoms with van der Waals surface area (Å²) in [4.78, 5) is 42.6. The molecule has 4 aliphatic heterocycles. The molecule has 0 unspecified atom stereocenters. The number of rotatable bonds is 10. The van der Waals surface area contributed by atoms with Crippen molar-refractivity contribution in [3.8, 4) is 66.8 Å². The third-order valence-electron chi connectivity index (χ3n) is 31.0. The van der Waals surface area contributed by atoms with Crippen molar-refractivity contribution in [3.05, 3.63) is 351 Å². The Balaban J connectivity index is 1.09. The van der Waals surface area contributed by atoms with E-state index >= 15 is 0 Å². The Morgan fingerprint density at radius 1 is 0.173 bits per heavy atom. The maximum Gasteiger partial charge on any atom is 0.0809 e. The maximum atomic E-state index is 6.49. The van der Waals surface area contributed by atoms with Crippen LogP contribution in [0.5, 0.6) is 0 Å². The zero-order chi connectivity index (χ0) is 109. The standard InChI is InChI=1S/C142H164N8/c1-81-55-82(2)58-85(57-81)107-79-121-127(91-69-101(139(29,30)31)77-102(70-91)140(32,33)34)119-53-51-117(147-119)125(89-65-97(135(17,18)19)75-98(66-89)136(20,21)22)115-49-47-113(145-115)123(87-61-93(131(5,6)7)73-94(62-87)132(8,9)10)111-45-43-109(143-111)105(129(107)149-121)41-42-106-110-44-46-112(144-110)124(88-63-95(133(11,12)13)74-96(64-88)134(14,15)16)114-48-50-116(146-114)126(90-67-99(137(23,24)25)76-100(68-90)138(26,27)28)118-52-54-120(148-118)128(92-71-103(141(35,36)37)78-104(72-92)142(38,39)40)122-80-108(130(106)150-122)86-59-83(3)56-84(4)60-86/h41-80,143-144,147-148H,1-40H3/b42-41-,109-105?,110-106?,123-111?,123-113?,124-112?,124-114?,125-115?,125-117?,126-116?,126-118?,127-119?,127-121?,128-120?,128-122?,129-105?,130-106?. The summed E-state index contributed by atoms with van der Waals surface area (Å²) in [6.45, 7) is 93.3. The van der Waals surface area contributed by atoms with E-state index in [2.05, 4.69) is 540 Å². The average molecular weight is 1980 g/mol. The second-order valence-corrected chi connectivity index (χ2v) is 56.3. The van der Waals surface area contributed by atoms with E-state index in [0.29, 0.717) is 0 Å². The summed E-state index contributed by atoms with van der Waals surface area (Å²) in [7, 11) is 0. The minimum atomic E-state index is -0.239. The first kappa shape index (κ1) is 107. The van der Waals surface area contributed by atoms with Gasteiger partial charge in [-0.15, -0.1) is 0 Å². The first-order chi connectivity index (χ1) is 69.4. The van der Waals surface area contributed by atoms with Crippen molar-refractivity contribution in [1.29, 1.82) is 0 Å². The molecule has 0 amide bonds. The summed E-state index contributed by atoms with van der Waals surface area (Å²) < 4.78 is 0. The van der Waals surface area contributed by atoms with Crippen LogP contribution < -0.4 is 0 Å². The number of benzene rings is 8. The Bertz CT molecular complexity index is 7680. The smallest absolute Gasteiger partial charge is 0.0809 e. The number of hydrogen-bond acceptors (Lipinski definition) is 4. The number of aromatic nitrogens is 8. The van der Waals surface area contributed by atoms with E-state index in [1.807, 2.05) is 0 Å². The van der Waals surface area contributed by atoms with Gasteiger partial charge in [0.25, 0.3) is 0 Å². The SMILES string of the molecule is Cc1cc(C)cc(C2=Cc3nc2c(/C=C\c2c4nc(c(-c5cc(C(C)(C)C)cc(C(C)(C)C)c5)c5ccc([nH]5)c(-c5cc(C(C)(C)C)cc(C(C)(C)C)c5)c5nc(c(-c6cc(C(C)(C)C)cc(C(C)(C)C)c6)c6ccc2[nH]6)C=C5)C=C4c2cc(C)cc(C)c2)c2ccc([nH]2)c(-c2cc(C(C)(C)C)cc(C(C)(C)C)c2)c2nc(c(-c4cc(C(C)(C)C)cc(C(C)(C)C)c4)c4ccc([nH]4)c3-c3cc(C(C)(C)C)cc(C(C)(C)C)c3)C=C2)c1. The molecule has 772 valence electrons. The van der Waals surface area contributed by atoms with E-state index < -0.39 is 0 Å². The van der Waals surface area contributed by atoms with Gasteiger partial charge in [-0.05, 0) is 301 Å². The fourth-order valence-corrected chi connectivity index (χ4v) is 21.5. The molecule has 0 radical (unpaired) electrons. The van der Waals surface area contributed by atoms with E-state index in [-0.39, 0.29) is 65.0 Å². The van der Waals surface area contributed by atoms with E-state index in [0.717, 1.165) is 212 Å². The summed E-state index contributed by atoms with van der Waals surface area (Å²) in [6, 6.07) is 76.5. The molecule has 8 nitrogen and oxygen atoms in total. The van der Waals surface area contributed by atoms with Gasteiger partial charge in [-0.25, -0.2) is 19.9 Å². The molecular weight excluding hydrogens is 1820 g/mol. The molecule has 16 bridgehead atoms. The monoisotopic (exact) mass is 1980 g/mol. The molecule has 18 rings (SSSR count). The van der Waals surface area contributed by atoms with Crippen LogP contribution in [0.3, 0.4) is 0 Å². The number of nitrogens with zero attached hydrogens (tertiary/aromatic N) is 4. The summed E-state index contributed by atoms with van der Waals surface area (Å²) in [5.41, 5.74) is 49.2. The lowest BCUT2D eigenvalue weighted by Gasteiger charge is -2.26. The number of fused-ring (bicyclic) bond motifs is 16. The van der Waals surface area contributed by atoms with Crippen LogP contribution >= 0.6 is 0 Å². The topological polar surface area (TPSA) is 115 Å². The molecule has 4 aliphatic rings. The van der Waals surface area contributed by atoms with Crippen LogP contribution in [0.1, 0.15) is 406 Å². The Morgan fingerprint density at radius 3 is 0.507 bits per heavy atom. The first-order valence-corrected chi connectivity index (χ1v) is 54.7. The van der Waals surface area contributed by atoms with Gasteiger partial charge in [-0.1, -0.05) is 417 Å². The van der Waals surface area contributed by atoms with E-state index in [1.165, 1.54) is 66.8 Å². The van der Waals surface area contributed by atoms with Gasteiger partial charge < -0.3 is 19.9 Å². The molecule has 0 saturated heterocycles. The summed E-state index contributed by atoms with van der Waals surface area (Å²) in [5.74, 6) is 0. The lowest BCUT2D eigenvalue weighted by molar-refractivity contribution is 0.568. The third kappa shape index (κ3) is 21.6. The number of aromatic amines is 4. The Labute approximate surface area is 897 Å². The van der Waals surface area contributed by atoms with E-state index in [1.54, 1.807) is 0 Å². The lowest BCUT2D eigenvalue weighted by Crippen LogP contribution is -2.16. The summed E-state index contributed by atoms with van der Waals surface area (Å²) in [5, 5.41) is 0. The molecule has 0 saturated carbocycles. The quantitative estimate of drug-likeness (QED) is 0.109. The van der Waals surface area contributed by atoms with Gasteiger partial charge in [0.1, 0.15) is 0 Å². The van der Waals surface area contributed by atoms with Gasteiger partial charge >= 0.3 is 0 Å². The largest absolute Gasteiger partial charge is 0.354 e. The van der Waals surface area contributed by atoms with Gasteiger partial charge in [-0.2, -0.15) is 0 Å². The fraction of sp³-hybridized carbons (Fsp3) is 0.366. The van der Waals surface area contributed by atoms with E-state index in [9.17, 15) is 0 Å². The molecule has 8 heteroatoms. The van der Waals surface area contributed by atoms with Crippen molar-refractivity contribution in [1.82, 2.24) is 39.9 Å². The summed E-state index contributed by atoms with van der Waals surface area (Å²) >= 11 is 0. The van der Waals surface area contributed by atoms with Gasteiger partial charge in [0, 0.05) is 99.8 Å². The zero-order valence-corrected chi connectivity index (χ0v) is 97.9. The Morgan fingerprint density at radius 2 is 0.333 bits per heavy atom. The molecule has 4 N–H and O–H groups in total. The molecule has 0 fully saturated rings. The Kier molecular flexibility index (Phi) is 26.5. The minimum absolute atomic E-state index is 0.190. The summed E-state index contributed by atoms with van der Waals surface area (Å²) in [6.07, 6.45) is 18.7.